The van der Waals surface area contributed by atoms with Crippen LogP contribution in [0.3, 0.4) is 0 Å². The first-order valence-electron chi connectivity index (χ1n) is 8.44. The van der Waals surface area contributed by atoms with Gasteiger partial charge in [-0.3, -0.25) is 9.80 Å². The Morgan fingerprint density at radius 1 is 1.27 bits per heavy atom. The Morgan fingerprint density at radius 3 is 2.38 bits per heavy atom. The van der Waals surface area contributed by atoms with Gasteiger partial charge in [-0.25, -0.2) is 4.79 Å². The van der Waals surface area contributed by atoms with E-state index in [9.17, 15) is 23.1 Å². The summed E-state index contributed by atoms with van der Waals surface area (Å²) < 4.78 is 40.0. The summed E-state index contributed by atoms with van der Waals surface area (Å²) in [6.45, 7) is 8.74. The lowest BCUT2D eigenvalue weighted by Crippen LogP contribution is -2.67. The zero-order valence-electron chi connectivity index (χ0n) is 15.5. The summed E-state index contributed by atoms with van der Waals surface area (Å²) in [6, 6.07) is 3.81. The van der Waals surface area contributed by atoms with E-state index in [0.29, 0.717) is 13.1 Å². The fraction of sp³-hybridized carbons (Fsp3) is 0.611. The third-order valence-electron chi connectivity index (χ3n) is 5.45. The minimum atomic E-state index is -4.49. The van der Waals surface area contributed by atoms with E-state index >= 15 is 0 Å². The maximum Gasteiger partial charge on any atom is 0.416 e. The standard InChI is InChI=1S/C18H26F3N3O2/c1-16(2,3)17(4)11-23(7-8-24(17)15(25)26)10-12-5-6-13(22)9-14(12)18(19,20)21/h5-6,9H,7-8,10-11,22H2,1-4H3,(H,25,26)/t17-/m1/s1. The molecule has 0 unspecified atom stereocenters. The molecule has 26 heavy (non-hydrogen) atoms. The number of amides is 1. The van der Waals surface area contributed by atoms with E-state index in [1.54, 1.807) is 0 Å². The molecule has 1 atom stereocenters. The molecule has 0 aliphatic carbocycles. The Kier molecular flexibility index (Phi) is 5.20. The molecule has 3 N–H and O–H groups in total. The van der Waals surface area contributed by atoms with Gasteiger partial charge < -0.3 is 10.8 Å². The van der Waals surface area contributed by atoms with E-state index in [2.05, 4.69) is 0 Å². The van der Waals surface area contributed by atoms with Gasteiger partial charge in [-0.1, -0.05) is 26.8 Å². The van der Waals surface area contributed by atoms with Crippen LogP contribution in [-0.2, 0) is 12.7 Å². The highest BCUT2D eigenvalue weighted by molar-refractivity contribution is 5.66. The summed E-state index contributed by atoms with van der Waals surface area (Å²) in [4.78, 5) is 14.9. The maximum absolute atomic E-state index is 13.3. The molecule has 5 nitrogen and oxygen atoms in total. The molecule has 1 fully saturated rings. The van der Waals surface area contributed by atoms with E-state index in [1.807, 2.05) is 32.6 Å². The number of nitrogens with two attached hydrogens (primary N) is 1. The molecule has 0 saturated carbocycles. The smallest absolute Gasteiger partial charge is 0.416 e. The lowest BCUT2D eigenvalue weighted by molar-refractivity contribution is -0.138. The molecule has 8 heteroatoms. The summed E-state index contributed by atoms with van der Waals surface area (Å²) in [6.07, 6.45) is -5.49. The average Bonchev–Trinajstić information content (AvgIpc) is 2.46. The summed E-state index contributed by atoms with van der Waals surface area (Å²) in [7, 11) is 0. The van der Waals surface area contributed by atoms with E-state index in [0.717, 1.165) is 6.07 Å². The predicted octanol–water partition coefficient (Wildman–Crippen LogP) is 3.89. The second-order valence-corrected chi connectivity index (χ2v) is 8.08. The number of halogens is 3. The van der Waals surface area contributed by atoms with E-state index in [4.69, 9.17) is 5.73 Å². The molecule has 1 saturated heterocycles. The van der Waals surface area contributed by atoms with Crippen LogP contribution in [0.25, 0.3) is 0 Å². The second-order valence-electron chi connectivity index (χ2n) is 8.08. The Bertz CT molecular complexity index is 685. The third kappa shape index (κ3) is 3.90. The van der Waals surface area contributed by atoms with Crippen molar-refractivity contribution in [3.63, 3.8) is 0 Å². The third-order valence-corrected chi connectivity index (χ3v) is 5.45. The van der Waals surface area contributed by atoms with Crippen LogP contribution >= 0.6 is 0 Å². The van der Waals surface area contributed by atoms with Crippen molar-refractivity contribution in [1.82, 2.24) is 9.80 Å². The van der Waals surface area contributed by atoms with Gasteiger partial charge in [0, 0.05) is 31.9 Å². The molecule has 1 aromatic rings. The first kappa shape index (κ1) is 20.4. The highest BCUT2D eigenvalue weighted by Crippen LogP contribution is 2.39. The zero-order chi connectivity index (χ0) is 19.9. The molecule has 2 rings (SSSR count). The van der Waals surface area contributed by atoms with Crippen molar-refractivity contribution in [2.75, 3.05) is 25.4 Å². The molecule has 1 aliphatic heterocycles. The number of hydrogen-bond donors (Lipinski definition) is 2. The normalized spacial score (nSPS) is 22.5. The van der Waals surface area contributed by atoms with Gasteiger partial charge in [0.15, 0.2) is 0 Å². The summed E-state index contributed by atoms with van der Waals surface area (Å²) in [5.41, 5.74) is 3.90. The fourth-order valence-electron chi connectivity index (χ4n) is 3.41. The summed E-state index contributed by atoms with van der Waals surface area (Å²) in [5, 5.41) is 9.54. The average molecular weight is 373 g/mol. The molecule has 0 radical (unpaired) electrons. The monoisotopic (exact) mass is 373 g/mol. The second kappa shape index (κ2) is 6.64. The molecular formula is C18H26F3N3O2. The Hall–Kier alpha value is -1.96. The van der Waals surface area contributed by atoms with E-state index in [-0.39, 0.29) is 29.8 Å². The van der Waals surface area contributed by atoms with Crippen molar-refractivity contribution < 1.29 is 23.1 Å². The Morgan fingerprint density at radius 2 is 1.88 bits per heavy atom. The highest BCUT2D eigenvalue weighted by atomic mass is 19.4. The number of carbonyl (C=O) groups is 1. The van der Waals surface area contributed by atoms with Crippen molar-refractivity contribution in [3.8, 4) is 0 Å². The number of benzene rings is 1. The molecular weight excluding hydrogens is 347 g/mol. The van der Waals surface area contributed by atoms with Crippen LogP contribution in [0.15, 0.2) is 18.2 Å². The SMILES string of the molecule is CC(C)(C)[C@@]1(C)CN(Cc2ccc(N)cc2C(F)(F)F)CCN1C(=O)O. The first-order chi connectivity index (χ1) is 11.8. The topological polar surface area (TPSA) is 69.8 Å². The lowest BCUT2D eigenvalue weighted by atomic mass is 9.72. The van der Waals surface area contributed by atoms with Crippen LogP contribution in [0, 0.1) is 5.41 Å². The first-order valence-corrected chi connectivity index (χ1v) is 8.44. The summed E-state index contributed by atoms with van der Waals surface area (Å²) >= 11 is 0. The predicted molar refractivity (Wildman–Crippen MR) is 93.7 cm³/mol. The number of carboxylic acid groups (broad SMARTS) is 1. The van der Waals surface area contributed by atoms with Gasteiger partial charge in [0.2, 0.25) is 0 Å². The minimum Gasteiger partial charge on any atom is -0.465 e. The van der Waals surface area contributed by atoms with Crippen molar-refractivity contribution in [1.29, 1.82) is 0 Å². The van der Waals surface area contributed by atoms with Gasteiger partial charge in [0.05, 0.1) is 11.1 Å². The van der Waals surface area contributed by atoms with E-state index in [1.165, 1.54) is 17.0 Å². The quantitative estimate of drug-likeness (QED) is 0.772. The number of anilines is 1. The molecule has 1 aliphatic rings. The largest absolute Gasteiger partial charge is 0.465 e. The van der Waals surface area contributed by atoms with Gasteiger partial charge in [-0.05, 0) is 30.0 Å². The van der Waals surface area contributed by atoms with Crippen LogP contribution in [0.2, 0.25) is 0 Å². The fourth-order valence-corrected chi connectivity index (χ4v) is 3.41. The molecule has 0 bridgehead atoms. The van der Waals surface area contributed by atoms with Gasteiger partial charge in [-0.15, -0.1) is 0 Å². The van der Waals surface area contributed by atoms with Crippen LogP contribution in [-0.4, -0.2) is 46.2 Å². The van der Waals surface area contributed by atoms with Crippen molar-refractivity contribution in [3.05, 3.63) is 29.3 Å². The minimum absolute atomic E-state index is 0.0660. The molecule has 1 aromatic carbocycles. The number of piperazine rings is 1. The number of nitrogen functional groups attached to an aromatic ring is 1. The van der Waals surface area contributed by atoms with Crippen molar-refractivity contribution in [2.45, 2.75) is 46.0 Å². The van der Waals surface area contributed by atoms with E-state index < -0.39 is 23.4 Å². The number of alkyl halides is 3. The highest BCUT2D eigenvalue weighted by Gasteiger charge is 2.48. The molecule has 0 spiro atoms. The molecule has 1 amide bonds. The van der Waals surface area contributed by atoms with Gasteiger partial charge in [0.1, 0.15) is 0 Å². The Labute approximate surface area is 151 Å². The molecule has 1 heterocycles. The Balaban J connectivity index is 2.32. The van der Waals surface area contributed by atoms with Gasteiger partial charge in [-0.2, -0.15) is 13.2 Å². The molecule has 0 aromatic heterocycles. The van der Waals surface area contributed by atoms with Crippen LogP contribution in [0.1, 0.15) is 38.8 Å². The lowest BCUT2D eigenvalue weighted by Gasteiger charge is -2.54. The van der Waals surface area contributed by atoms with Gasteiger partial charge in [0.25, 0.3) is 0 Å². The van der Waals surface area contributed by atoms with Crippen molar-refractivity contribution >= 4 is 11.8 Å². The zero-order valence-corrected chi connectivity index (χ0v) is 15.5. The maximum atomic E-state index is 13.3. The van der Waals surface area contributed by atoms with Crippen molar-refractivity contribution in [2.24, 2.45) is 5.41 Å². The summed E-state index contributed by atoms with van der Waals surface area (Å²) in [5.74, 6) is 0. The van der Waals surface area contributed by atoms with Crippen LogP contribution < -0.4 is 5.73 Å². The number of nitrogens with zero attached hydrogens (tertiary/aromatic N) is 2. The molecule has 146 valence electrons. The van der Waals surface area contributed by atoms with Crippen LogP contribution in [0.5, 0.6) is 0 Å². The van der Waals surface area contributed by atoms with Crippen LogP contribution in [0.4, 0.5) is 23.7 Å². The van der Waals surface area contributed by atoms with Gasteiger partial charge >= 0.3 is 12.3 Å². The number of rotatable bonds is 2. The number of hydrogen-bond acceptors (Lipinski definition) is 3.